The van der Waals surface area contributed by atoms with Crippen LogP contribution in [0.4, 0.5) is 5.82 Å². The van der Waals surface area contributed by atoms with E-state index in [9.17, 15) is 9.90 Å². The highest BCUT2D eigenvalue weighted by Gasteiger charge is 2.25. The van der Waals surface area contributed by atoms with Gasteiger partial charge in [0.05, 0.1) is 11.6 Å². The van der Waals surface area contributed by atoms with Crippen molar-refractivity contribution < 1.29 is 5.11 Å². The zero-order valence-corrected chi connectivity index (χ0v) is 10.8. The Morgan fingerprint density at radius 2 is 2.26 bits per heavy atom. The summed E-state index contributed by atoms with van der Waals surface area (Å²) in [6.45, 7) is 0. The second kappa shape index (κ2) is 4.66. The predicted molar refractivity (Wildman–Crippen MR) is 74.4 cm³/mol. The van der Waals surface area contributed by atoms with E-state index in [1.807, 2.05) is 6.07 Å². The summed E-state index contributed by atoms with van der Waals surface area (Å²) < 4.78 is 1.80. The number of aliphatic hydroxyl groups is 1. The number of aromatic nitrogens is 2. The van der Waals surface area contributed by atoms with Crippen molar-refractivity contribution in [3.63, 3.8) is 0 Å². The molecule has 2 N–H and O–H groups in total. The van der Waals surface area contributed by atoms with Gasteiger partial charge in [-0.3, -0.25) is 4.79 Å². The van der Waals surface area contributed by atoms with Crippen molar-refractivity contribution in [2.24, 2.45) is 0 Å². The minimum atomic E-state index is -0.294. The van der Waals surface area contributed by atoms with E-state index in [1.54, 1.807) is 29.9 Å². The van der Waals surface area contributed by atoms with E-state index in [-0.39, 0.29) is 17.7 Å². The van der Waals surface area contributed by atoms with Gasteiger partial charge in [-0.2, -0.15) is 0 Å². The first-order valence-electron chi connectivity index (χ1n) is 6.56. The van der Waals surface area contributed by atoms with Gasteiger partial charge in [0.15, 0.2) is 0 Å². The van der Waals surface area contributed by atoms with Gasteiger partial charge in [-0.15, -0.1) is 0 Å². The Labute approximate surface area is 110 Å². The molecule has 0 aliphatic heterocycles. The van der Waals surface area contributed by atoms with Crippen LogP contribution in [0, 0.1) is 0 Å². The van der Waals surface area contributed by atoms with Gasteiger partial charge in [0.1, 0.15) is 5.82 Å². The largest absolute Gasteiger partial charge is 0.393 e. The van der Waals surface area contributed by atoms with Gasteiger partial charge in [0.25, 0.3) is 5.56 Å². The molecule has 2 atom stereocenters. The Morgan fingerprint density at radius 3 is 2.95 bits per heavy atom. The Balaban J connectivity index is 2.20. The van der Waals surface area contributed by atoms with Crippen LogP contribution in [0.2, 0.25) is 0 Å². The summed E-state index contributed by atoms with van der Waals surface area (Å²) in [7, 11) is 1.80. The minimum Gasteiger partial charge on any atom is -0.393 e. The van der Waals surface area contributed by atoms with Crippen molar-refractivity contribution in [2.75, 3.05) is 12.4 Å². The molecule has 2 heterocycles. The third-order valence-corrected chi connectivity index (χ3v) is 3.81. The molecule has 0 bridgehead atoms. The van der Waals surface area contributed by atoms with Gasteiger partial charge in [-0.1, -0.05) is 0 Å². The summed E-state index contributed by atoms with van der Waals surface area (Å²) in [5.41, 5.74) is 0.866. The Morgan fingerprint density at radius 1 is 1.42 bits per heavy atom. The first-order valence-corrected chi connectivity index (χ1v) is 6.56. The molecule has 19 heavy (non-hydrogen) atoms. The molecule has 0 radical (unpaired) electrons. The van der Waals surface area contributed by atoms with Gasteiger partial charge < -0.3 is 15.0 Å². The van der Waals surface area contributed by atoms with Crippen LogP contribution in [-0.4, -0.2) is 27.8 Å². The number of aliphatic hydroxyl groups excluding tert-OH is 1. The number of anilines is 1. The molecular weight excluding hydrogens is 242 g/mol. The second-order valence-electron chi connectivity index (χ2n) is 5.04. The molecule has 5 heteroatoms. The van der Waals surface area contributed by atoms with Crippen LogP contribution in [0.15, 0.2) is 29.2 Å². The highest BCUT2D eigenvalue weighted by molar-refractivity contribution is 5.80. The molecule has 1 saturated carbocycles. The highest BCUT2D eigenvalue weighted by atomic mass is 16.3. The zero-order chi connectivity index (χ0) is 13.4. The van der Waals surface area contributed by atoms with Crippen LogP contribution in [0.1, 0.15) is 25.3 Å². The molecule has 2 aromatic rings. The SMILES string of the molecule is CNc1cc2c(ccc(=O)n2C2CC[C@@H](O)C2)cn1. The summed E-state index contributed by atoms with van der Waals surface area (Å²) >= 11 is 0. The maximum Gasteiger partial charge on any atom is 0.251 e. The first-order chi connectivity index (χ1) is 9.19. The monoisotopic (exact) mass is 259 g/mol. The van der Waals surface area contributed by atoms with Crippen LogP contribution in [0.25, 0.3) is 10.9 Å². The van der Waals surface area contributed by atoms with E-state index in [0.717, 1.165) is 29.6 Å². The fraction of sp³-hybridized carbons (Fsp3) is 0.429. The van der Waals surface area contributed by atoms with E-state index in [1.165, 1.54) is 0 Å². The van der Waals surface area contributed by atoms with Gasteiger partial charge in [-0.05, 0) is 25.3 Å². The maximum absolute atomic E-state index is 12.2. The highest BCUT2D eigenvalue weighted by Crippen LogP contribution is 2.31. The van der Waals surface area contributed by atoms with E-state index in [4.69, 9.17) is 0 Å². The fourth-order valence-corrected chi connectivity index (χ4v) is 2.83. The number of rotatable bonds is 2. The standard InChI is InChI=1S/C14H17N3O2/c1-15-13-7-12-9(8-16-13)2-5-14(19)17(12)10-3-4-11(18)6-10/h2,5,7-8,10-11,18H,3-4,6H2,1H3,(H,15,16)/t10?,11-/m1/s1. The number of nitrogens with zero attached hydrogens (tertiary/aromatic N) is 2. The average Bonchev–Trinajstić information content (AvgIpc) is 2.84. The third kappa shape index (κ3) is 2.10. The molecule has 0 amide bonds. The molecule has 2 aromatic heterocycles. The normalized spacial score (nSPS) is 22.8. The van der Waals surface area contributed by atoms with Crippen molar-refractivity contribution in [1.29, 1.82) is 0 Å². The number of hydrogen-bond donors (Lipinski definition) is 2. The number of hydrogen-bond acceptors (Lipinski definition) is 4. The molecule has 3 rings (SSSR count). The molecule has 1 aliphatic carbocycles. The Hall–Kier alpha value is -1.88. The smallest absolute Gasteiger partial charge is 0.251 e. The van der Waals surface area contributed by atoms with Crippen LogP contribution < -0.4 is 10.9 Å². The van der Waals surface area contributed by atoms with Crippen LogP contribution in [0.3, 0.4) is 0 Å². The molecule has 0 spiro atoms. The number of nitrogens with one attached hydrogen (secondary N) is 1. The van der Waals surface area contributed by atoms with Crippen LogP contribution >= 0.6 is 0 Å². The van der Waals surface area contributed by atoms with Gasteiger partial charge >= 0.3 is 0 Å². The lowest BCUT2D eigenvalue weighted by molar-refractivity contribution is 0.178. The van der Waals surface area contributed by atoms with Gasteiger partial charge in [-0.25, -0.2) is 4.98 Å². The topological polar surface area (TPSA) is 67.2 Å². The van der Waals surface area contributed by atoms with Crippen LogP contribution in [0.5, 0.6) is 0 Å². The van der Waals surface area contributed by atoms with Crippen molar-refractivity contribution >= 4 is 16.7 Å². The van der Waals surface area contributed by atoms with Gasteiger partial charge in [0, 0.05) is 36.8 Å². The summed E-state index contributed by atoms with van der Waals surface area (Å²) in [6.07, 6.45) is 3.73. The Bertz CT molecular complexity index is 665. The first kappa shape index (κ1) is 12.2. The summed E-state index contributed by atoms with van der Waals surface area (Å²) in [6, 6.07) is 5.35. The van der Waals surface area contributed by atoms with Crippen LogP contribution in [-0.2, 0) is 0 Å². The van der Waals surface area contributed by atoms with E-state index >= 15 is 0 Å². The summed E-state index contributed by atoms with van der Waals surface area (Å²) in [4.78, 5) is 16.4. The third-order valence-electron chi connectivity index (χ3n) is 3.81. The average molecular weight is 259 g/mol. The van der Waals surface area contributed by atoms with Crippen molar-refractivity contribution in [3.05, 3.63) is 34.7 Å². The Kier molecular flexibility index (Phi) is 2.98. The lowest BCUT2D eigenvalue weighted by Crippen LogP contribution is -2.23. The number of pyridine rings is 2. The summed E-state index contributed by atoms with van der Waals surface area (Å²) in [5, 5.41) is 13.6. The van der Waals surface area contributed by atoms with E-state index in [2.05, 4.69) is 10.3 Å². The molecule has 1 aliphatic rings. The van der Waals surface area contributed by atoms with Crippen molar-refractivity contribution in [3.8, 4) is 0 Å². The molecule has 0 saturated heterocycles. The summed E-state index contributed by atoms with van der Waals surface area (Å²) in [5.74, 6) is 0.741. The lowest BCUT2D eigenvalue weighted by atomic mass is 10.2. The van der Waals surface area contributed by atoms with Crippen molar-refractivity contribution in [2.45, 2.75) is 31.4 Å². The number of fused-ring (bicyclic) bond motifs is 1. The quantitative estimate of drug-likeness (QED) is 0.858. The van der Waals surface area contributed by atoms with Crippen molar-refractivity contribution in [1.82, 2.24) is 9.55 Å². The molecule has 0 aromatic carbocycles. The molecule has 5 nitrogen and oxygen atoms in total. The molecule has 100 valence electrons. The zero-order valence-electron chi connectivity index (χ0n) is 10.8. The minimum absolute atomic E-state index is 0.0140. The van der Waals surface area contributed by atoms with E-state index in [0.29, 0.717) is 6.42 Å². The predicted octanol–water partition coefficient (Wildman–Crippen LogP) is 1.52. The second-order valence-corrected chi connectivity index (χ2v) is 5.04. The molecule has 1 fully saturated rings. The van der Waals surface area contributed by atoms with E-state index < -0.39 is 0 Å². The molecule has 1 unspecified atom stereocenters. The van der Waals surface area contributed by atoms with Gasteiger partial charge in [0.2, 0.25) is 0 Å². The lowest BCUT2D eigenvalue weighted by Gasteiger charge is -2.17. The fourth-order valence-electron chi connectivity index (χ4n) is 2.83. The molecular formula is C14H17N3O2. The maximum atomic E-state index is 12.2.